The van der Waals surface area contributed by atoms with Crippen molar-refractivity contribution in [3.8, 4) is 0 Å². The van der Waals surface area contributed by atoms with E-state index in [4.69, 9.17) is 9.84 Å². The molecule has 0 unspecified atom stereocenters. The minimum atomic E-state index is -0.950. The molecule has 1 heterocycles. The number of thiophene rings is 1. The number of aliphatic carboxylic acids is 1. The molecule has 3 nitrogen and oxygen atoms in total. The van der Waals surface area contributed by atoms with Gasteiger partial charge in [0.2, 0.25) is 0 Å². The highest BCUT2D eigenvalue weighted by Gasteiger charge is 2.00. The molecule has 0 aliphatic carbocycles. The second-order valence-electron chi connectivity index (χ2n) is 3.94. The first-order valence-corrected chi connectivity index (χ1v) is 6.73. The zero-order valence-corrected chi connectivity index (χ0v) is 11.1. The fraction of sp³-hybridized carbons (Fsp3) is 0.133. The third kappa shape index (κ3) is 4.35. The monoisotopic (exact) mass is 274 g/mol. The summed E-state index contributed by atoms with van der Waals surface area (Å²) in [5.74, 6) is -0.950. The van der Waals surface area contributed by atoms with Crippen molar-refractivity contribution in [1.29, 1.82) is 0 Å². The highest BCUT2D eigenvalue weighted by molar-refractivity contribution is 7.09. The van der Waals surface area contributed by atoms with Crippen molar-refractivity contribution >= 4 is 23.4 Å². The number of hydrogen-bond donors (Lipinski definition) is 1. The van der Waals surface area contributed by atoms with Gasteiger partial charge in [-0.25, -0.2) is 4.79 Å². The van der Waals surface area contributed by atoms with Crippen LogP contribution in [-0.2, 0) is 22.7 Å². The van der Waals surface area contributed by atoms with Gasteiger partial charge < -0.3 is 9.84 Å². The SMILES string of the molecule is O=C(O)/C=C/c1ccccc1COCc1cccs1. The summed E-state index contributed by atoms with van der Waals surface area (Å²) in [4.78, 5) is 11.7. The van der Waals surface area contributed by atoms with Gasteiger partial charge in [-0.3, -0.25) is 0 Å². The van der Waals surface area contributed by atoms with Crippen molar-refractivity contribution < 1.29 is 14.6 Å². The van der Waals surface area contributed by atoms with Gasteiger partial charge in [-0.05, 0) is 28.6 Å². The molecule has 0 saturated carbocycles. The standard InChI is InChI=1S/C15H14O3S/c16-15(17)8-7-12-4-1-2-5-13(12)10-18-11-14-6-3-9-19-14/h1-9H,10-11H2,(H,16,17)/b8-7+. The van der Waals surface area contributed by atoms with E-state index in [1.807, 2.05) is 41.8 Å². The smallest absolute Gasteiger partial charge is 0.328 e. The van der Waals surface area contributed by atoms with Crippen LogP contribution >= 0.6 is 11.3 Å². The van der Waals surface area contributed by atoms with Gasteiger partial charge in [-0.1, -0.05) is 30.3 Å². The van der Waals surface area contributed by atoms with Crippen LogP contribution in [-0.4, -0.2) is 11.1 Å². The molecular weight excluding hydrogens is 260 g/mol. The number of ether oxygens (including phenoxy) is 1. The first-order valence-electron chi connectivity index (χ1n) is 5.85. The summed E-state index contributed by atoms with van der Waals surface area (Å²) in [7, 11) is 0. The van der Waals surface area contributed by atoms with Crippen LogP contribution in [0.25, 0.3) is 6.08 Å². The number of hydrogen-bond acceptors (Lipinski definition) is 3. The van der Waals surface area contributed by atoms with E-state index in [-0.39, 0.29) is 0 Å². The predicted molar refractivity (Wildman–Crippen MR) is 75.9 cm³/mol. The quantitative estimate of drug-likeness (QED) is 0.819. The van der Waals surface area contributed by atoms with Crippen molar-refractivity contribution in [1.82, 2.24) is 0 Å². The minimum Gasteiger partial charge on any atom is -0.478 e. The number of rotatable bonds is 6. The summed E-state index contributed by atoms with van der Waals surface area (Å²) in [5.41, 5.74) is 1.85. The third-order valence-electron chi connectivity index (χ3n) is 2.54. The zero-order valence-electron chi connectivity index (χ0n) is 10.3. The van der Waals surface area contributed by atoms with Gasteiger partial charge in [0.25, 0.3) is 0 Å². The molecule has 1 aromatic carbocycles. The second-order valence-corrected chi connectivity index (χ2v) is 4.97. The van der Waals surface area contributed by atoms with Crippen LogP contribution in [0.3, 0.4) is 0 Å². The molecule has 4 heteroatoms. The van der Waals surface area contributed by atoms with E-state index in [9.17, 15) is 4.79 Å². The summed E-state index contributed by atoms with van der Waals surface area (Å²) in [5, 5.41) is 10.7. The van der Waals surface area contributed by atoms with E-state index in [0.29, 0.717) is 13.2 Å². The normalized spacial score (nSPS) is 10.9. The Labute approximate surface area is 115 Å². The van der Waals surface area contributed by atoms with Crippen LogP contribution in [0.15, 0.2) is 47.9 Å². The highest BCUT2D eigenvalue weighted by Crippen LogP contribution is 2.15. The number of carboxylic acid groups (broad SMARTS) is 1. The molecule has 0 aliphatic rings. The molecule has 2 aromatic rings. The van der Waals surface area contributed by atoms with Crippen molar-refractivity contribution in [3.63, 3.8) is 0 Å². The maximum Gasteiger partial charge on any atom is 0.328 e. The summed E-state index contributed by atoms with van der Waals surface area (Å²) in [6.07, 6.45) is 2.73. The number of benzene rings is 1. The van der Waals surface area contributed by atoms with Gasteiger partial charge in [0.1, 0.15) is 0 Å². The maximum absolute atomic E-state index is 10.5. The van der Waals surface area contributed by atoms with Crippen molar-refractivity contribution in [2.45, 2.75) is 13.2 Å². The van der Waals surface area contributed by atoms with E-state index >= 15 is 0 Å². The Kier molecular flexibility index (Phi) is 4.89. The second kappa shape index (κ2) is 6.87. The minimum absolute atomic E-state index is 0.470. The van der Waals surface area contributed by atoms with E-state index in [1.54, 1.807) is 17.4 Å². The lowest BCUT2D eigenvalue weighted by Crippen LogP contribution is -1.95. The number of carbonyl (C=O) groups is 1. The lowest BCUT2D eigenvalue weighted by atomic mass is 10.1. The van der Waals surface area contributed by atoms with Gasteiger partial charge in [0, 0.05) is 11.0 Å². The summed E-state index contributed by atoms with van der Waals surface area (Å²) < 4.78 is 5.64. The third-order valence-corrected chi connectivity index (χ3v) is 3.39. The number of carboxylic acids is 1. The molecule has 0 spiro atoms. The molecule has 1 aromatic heterocycles. The molecule has 19 heavy (non-hydrogen) atoms. The Bertz CT molecular complexity index is 559. The van der Waals surface area contributed by atoms with Gasteiger partial charge in [-0.2, -0.15) is 0 Å². The summed E-state index contributed by atoms with van der Waals surface area (Å²) in [6, 6.07) is 11.6. The van der Waals surface area contributed by atoms with Gasteiger partial charge in [-0.15, -0.1) is 11.3 Å². The fourth-order valence-electron chi connectivity index (χ4n) is 1.65. The lowest BCUT2D eigenvalue weighted by molar-refractivity contribution is -0.131. The molecule has 0 radical (unpaired) electrons. The van der Waals surface area contributed by atoms with E-state index in [1.165, 1.54) is 4.88 Å². The van der Waals surface area contributed by atoms with Crippen LogP contribution in [0.1, 0.15) is 16.0 Å². The molecule has 0 saturated heterocycles. The Hall–Kier alpha value is -1.91. The Morgan fingerprint density at radius 1 is 1.21 bits per heavy atom. The van der Waals surface area contributed by atoms with Gasteiger partial charge in [0.05, 0.1) is 13.2 Å². The molecule has 0 bridgehead atoms. The zero-order chi connectivity index (χ0) is 13.5. The van der Waals surface area contributed by atoms with Crippen molar-refractivity contribution in [2.75, 3.05) is 0 Å². The molecule has 0 aliphatic heterocycles. The molecular formula is C15H14O3S. The molecule has 0 amide bonds. The Morgan fingerprint density at radius 2 is 2.05 bits per heavy atom. The molecule has 0 atom stereocenters. The van der Waals surface area contributed by atoms with Crippen LogP contribution < -0.4 is 0 Å². The van der Waals surface area contributed by atoms with Crippen molar-refractivity contribution in [3.05, 3.63) is 63.9 Å². The first-order chi connectivity index (χ1) is 9.25. The van der Waals surface area contributed by atoms with E-state index < -0.39 is 5.97 Å². The topological polar surface area (TPSA) is 46.5 Å². The lowest BCUT2D eigenvalue weighted by Gasteiger charge is -2.06. The molecule has 0 fully saturated rings. The fourth-order valence-corrected chi connectivity index (χ4v) is 2.29. The predicted octanol–water partition coefficient (Wildman–Crippen LogP) is 3.56. The van der Waals surface area contributed by atoms with Crippen LogP contribution in [0.2, 0.25) is 0 Å². The summed E-state index contributed by atoms with van der Waals surface area (Å²) >= 11 is 1.66. The Morgan fingerprint density at radius 3 is 2.79 bits per heavy atom. The van der Waals surface area contributed by atoms with Gasteiger partial charge in [0.15, 0.2) is 0 Å². The van der Waals surface area contributed by atoms with E-state index in [2.05, 4.69) is 0 Å². The molecule has 98 valence electrons. The molecule has 2 rings (SSSR count). The first kappa shape index (κ1) is 13.5. The van der Waals surface area contributed by atoms with Crippen molar-refractivity contribution in [2.24, 2.45) is 0 Å². The average molecular weight is 274 g/mol. The average Bonchev–Trinajstić information content (AvgIpc) is 2.91. The van der Waals surface area contributed by atoms with Crippen LogP contribution in [0.4, 0.5) is 0 Å². The Balaban J connectivity index is 1.97. The van der Waals surface area contributed by atoms with E-state index in [0.717, 1.165) is 17.2 Å². The van der Waals surface area contributed by atoms with Crippen LogP contribution in [0, 0.1) is 0 Å². The van der Waals surface area contributed by atoms with Gasteiger partial charge >= 0.3 is 5.97 Å². The summed E-state index contributed by atoms with van der Waals surface area (Å²) in [6.45, 7) is 1.05. The maximum atomic E-state index is 10.5. The van der Waals surface area contributed by atoms with Crippen LogP contribution in [0.5, 0.6) is 0 Å². The largest absolute Gasteiger partial charge is 0.478 e. The molecule has 1 N–H and O–H groups in total. The highest BCUT2D eigenvalue weighted by atomic mass is 32.1.